The molecule has 0 fully saturated rings. The summed E-state index contributed by atoms with van der Waals surface area (Å²) in [4.78, 5) is 1.45. The van der Waals surface area contributed by atoms with Crippen LogP contribution in [0.1, 0.15) is 17.3 Å². The first-order chi connectivity index (χ1) is 8.19. The number of nitrogens with zero attached hydrogens (tertiary/aromatic N) is 4. The van der Waals surface area contributed by atoms with Crippen molar-refractivity contribution in [2.75, 3.05) is 6.54 Å². The number of benzene rings is 1. The summed E-state index contributed by atoms with van der Waals surface area (Å²) in [7, 11) is 1.74. The highest BCUT2D eigenvalue weighted by Gasteiger charge is 2.14. The van der Waals surface area contributed by atoms with E-state index in [9.17, 15) is 0 Å². The van der Waals surface area contributed by atoms with Gasteiger partial charge in [-0.15, -0.1) is 10.2 Å². The average Bonchev–Trinajstić information content (AvgIpc) is 2.72. The van der Waals surface area contributed by atoms with Crippen molar-refractivity contribution in [2.24, 2.45) is 12.8 Å². The summed E-state index contributed by atoms with van der Waals surface area (Å²) in [6.07, 6.45) is 0.671. The topological polar surface area (TPSA) is 69.6 Å². The minimum Gasteiger partial charge on any atom is -0.330 e. The largest absolute Gasteiger partial charge is 0.330 e. The molecular formula is C11H14ClN5. The normalized spacial score (nSPS) is 12.6. The van der Waals surface area contributed by atoms with Gasteiger partial charge in [-0.2, -0.15) is 4.80 Å². The molecule has 0 amide bonds. The van der Waals surface area contributed by atoms with E-state index in [-0.39, 0.29) is 5.92 Å². The number of hydrogen-bond donors (Lipinski definition) is 1. The standard InChI is InChI=1S/C11H14ClN5/c1-17-15-11(14-16-17)6-9(7-13)8-3-2-4-10(12)5-8/h2-5,9H,6-7,13H2,1H3. The van der Waals surface area contributed by atoms with Crippen LogP contribution >= 0.6 is 11.6 Å². The Morgan fingerprint density at radius 1 is 1.47 bits per heavy atom. The van der Waals surface area contributed by atoms with Gasteiger partial charge < -0.3 is 5.73 Å². The van der Waals surface area contributed by atoms with Crippen molar-refractivity contribution < 1.29 is 0 Å². The lowest BCUT2D eigenvalue weighted by atomic mass is 9.96. The van der Waals surface area contributed by atoms with Crippen molar-refractivity contribution in [1.29, 1.82) is 0 Å². The highest BCUT2D eigenvalue weighted by atomic mass is 35.5. The van der Waals surface area contributed by atoms with Crippen LogP contribution in [0.4, 0.5) is 0 Å². The molecule has 0 radical (unpaired) electrons. The third-order valence-corrected chi connectivity index (χ3v) is 2.82. The lowest BCUT2D eigenvalue weighted by molar-refractivity contribution is 0.620. The van der Waals surface area contributed by atoms with Gasteiger partial charge in [0.1, 0.15) is 0 Å². The molecule has 5 nitrogen and oxygen atoms in total. The van der Waals surface area contributed by atoms with Crippen molar-refractivity contribution in [3.8, 4) is 0 Å². The van der Waals surface area contributed by atoms with E-state index in [1.165, 1.54) is 4.80 Å². The Morgan fingerprint density at radius 2 is 2.29 bits per heavy atom. The second-order valence-corrected chi connectivity index (χ2v) is 4.32. The van der Waals surface area contributed by atoms with Gasteiger partial charge in [0.05, 0.1) is 7.05 Å². The highest BCUT2D eigenvalue weighted by Crippen LogP contribution is 2.21. The summed E-state index contributed by atoms with van der Waals surface area (Å²) < 4.78 is 0. The van der Waals surface area contributed by atoms with Crippen LogP contribution in [0.25, 0.3) is 0 Å². The zero-order valence-electron chi connectivity index (χ0n) is 9.55. The summed E-state index contributed by atoms with van der Waals surface area (Å²) >= 11 is 5.96. The van der Waals surface area contributed by atoms with E-state index in [0.717, 1.165) is 5.56 Å². The Hall–Kier alpha value is -1.46. The summed E-state index contributed by atoms with van der Waals surface area (Å²) in [5.74, 6) is 0.862. The first-order valence-electron chi connectivity index (χ1n) is 5.37. The second kappa shape index (κ2) is 5.25. The van der Waals surface area contributed by atoms with Crippen LogP contribution in [0.5, 0.6) is 0 Å². The maximum Gasteiger partial charge on any atom is 0.175 e. The molecule has 0 aliphatic rings. The van der Waals surface area contributed by atoms with Gasteiger partial charge in [-0.25, -0.2) is 0 Å². The molecule has 1 atom stereocenters. The molecule has 0 saturated heterocycles. The van der Waals surface area contributed by atoms with Crippen LogP contribution in [0.3, 0.4) is 0 Å². The van der Waals surface area contributed by atoms with E-state index in [0.29, 0.717) is 23.8 Å². The fourth-order valence-electron chi connectivity index (χ4n) is 1.72. The number of aromatic nitrogens is 4. The molecule has 6 heteroatoms. The molecule has 0 aliphatic carbocycles. The zero-order valence-corrected chi connectivity index (χ0v) is 10.3. The van der Waals surface area contributed by atoms with Gasteiger partial charge in [0.2, 0.25) is 0 Å². The molecule has 0 bridgehead atoms. The zero-order chi connectivity index (χ0) is 12.3. The Bertz CT molecular complexity index is 496. The van der Waals surface area contributed by atoms with Gasteiger partial charge in [-0.1, -0.05) is 23.7 Å². The van der Waals surface area contributed by atoms with Crippen molar-refractivity contribution in [3.63, 3.8) is 0 Å². The van der Waals surface area contributed by atoms with Crippen molar-refractivity contribution in [3.05, 3.63) is 40.7 Å². The van der Waals surface area contributed by atoms with Crippen LogP contribution in [-0.2, 0) is 13.5 Å². The second-order valence-electron chi connectivity index (χ2n) is 3.89. The minimum absolute atomic E-state index is 0.165. The summed E-state index contributed by atoms with van der Waals surface area (Å²) in [6, 6.07) is 7.71. The van der Waals surface area contributed by atoms with Crippen LogP contribution in [0, 0.1) is 0 Å². The average molecular weight is 252 g/mol. The van der Waals surface area contributed by atoms with Gasteiger partial charge in [0.25, 0.3) is 0 Å². The first-order valence-corrected chi connectivity index (χ1v) is 5.75. The molecule has 0 aliphatic heterocycles. The molecule has 1 aromatic heterocycles. The molecule has 1 heterocycles. The van der Waals surface area contributed by atoms with E-state index in [1.807, 2.05) is 24.3 Å². The number of tetrazole rings is 1. The predicted octanol–water partition coefficient (Wildman–Crippen LogP) is 1.15. The lowest BCUT2D eigenvalue weighted by Crippen LogP contribution is -2.15. The molecule has 2 aromatic rings. The lowest BCUT2D eigenvalue weighted by Gasteiger charge is -2.13. The fourth-order valence-corrected chi connectivity index (χ4v) is 1.92. The number of rotatable bonds is 4. The molecule has 1 aromatic carbocycles. The van der Waals surface area contributed by atoms with Crippen molar-refractivity contribution in [1.82, 2.24) is 20.2 Å². The molecule has 0 saturated carbocycles. The van der Waals surface area contributed by atoms with Crippen molar-refractivity contribution in [2.45, 2.75) is 12.3 Å². The van der Waals surface area contributed by atoms with Gasteiger partial charge in [-0.3, -0.25) is 0 Å². The third kappa shape index (κ3) is 3.01. The predicted molar refractivity (Wildman–Crippen MR) is 65.7 cm³/mol. The SMILES string of the molecule is Cn1nnc(CC(CN)c2cccc(Cl)c2)n1. The Balaban J connectivity index is 2.16. The van der Waals surface area contributed by atoms with Gasteiger partial charge in [0.15, 0.2) is 5.82 Å². The number of halogens is 1. The van der Waals surface area contributed by atoms with E-state index >= 15 is 0 Å². The van der Waals surface area contributed by atoms with Crippen LogP contribution in [-0.4, -0.2) is 26.8 Å². The van der Waals surface area contributed by atoms with Crippen LogP contribution in [0.2, 0.25) is 5.02 Å². The quantitative estimate of drug-likeness (QED) is 0.885. The van der Waals surface area contributed by atoms with Gasteiger partial charge in [-0.05, 0) is 29.5 Å². The summed E-state index contributed by atoms with van der Waals surface area (Å²) in [6.45, 7) is 0.526. The molecule has 1 unspecified atom stereocenters. The van der Waals surface area contributed by atoms with Crippen LogP contribution in [0.15, 0.2) is 24.3 Å². The highest BCUT2D eigenvalue weighted by molar-refractivity contribution is 6.30. The van der Waals surface area contributed by atoms with Crippen LogP contribution < -0.4 is 5.73 Å². The monoisotopic (exact) mass is 251 g/mol. The molecule has 90 valence electrons. The first kappa shape index (κ1) is 12.0. The number of nitrogens with two attached hydrogens (primary N) is 1. The van der Waals surface area contributed by atoms with E-state index < -0.39 is 0 Å². The van der Waals surface area contributed by atoms with Gasteiger partial charge in [0, 0.05) is 17.4 Å². The number of aryl methyl sites for hydroxylation is 1. The smallest absolute Gasteiger partial charge is 0.175 e. The number of hydrogen-bond acceptors (Lipinski definition) is 4. The molecule has 0 spiro atoms. The summed E-state index contributed by atoms with van der Waals surface area (Å²) in [5, 5.41) is 12.6. The maximum atomic E-state index is 5.96. The molecular weight excluding hydrogens is 238 g/mol. The van der Waals surface area contributed by atoms with E-state index in [4.69, 9.17) is 17.3 Å². The summed E-state index contributed by atoms with van der Waals surface area (Å²) in [5.41, 5.74) is 6.89. The van der Waals surface area contributed by atoms with Gasteiger partial charge >= 0.3 is 0 Å². The third-order valence-electron chi connectivity index (χ3n) is 2.58. The minimum atomic E-state index is 0.165. The molecule has 2 rings (SSSR count). The maximum absolute atomic E-state index is 5.96. The Morgan fingerprint density at radius 3 is 2.88 bits per heavy atom. The Kier molecular flexibility index (Phi) is 3.71. The Labute approximate surface area is 105 Å². The van der Waals surface area contributed by atoms with Crippen molar-refractivity contribution >= 4 is 11.6 Å². The van der Waals surface area contributed by atoms with E-state index in [1.54, 1.807) is 7.05 Å². The van der Waals surface area contributed by atoms with E-state index in [2.05, 4.69) is 15.4 Å². The molecule has 17 heavy (non-hydrogen) atoms. The molecule has 2 N–H and O–H groups in total. The fraction of sp³-hybridized carbons (Fsp3) is 0.364.